The van der Waals surface area contributed by atoms with Crippen molar-refractivity contribution in [2.45, 2.75) is 26.2 Å². The Kier molecular flexibility index (Phi) is 3.64. The molecule has 1 aliphatic heterocycles. The van der Waals surface area contributed by atoms with Crippen LogP contribution < -0.4 is 5.32 Å². The first kappa shape index (κ1) is 12.4. The van der Waals surface area contributed by atoms with Crippen LogP contribution in [0.25, 0.3) is 5.65 Å². The maximum atomic E-state index is 4.52. The second-order valence-corrected chi connectivity index (χ2v) is 5.22. The van der Waals surface area contributed by atoms with Crippen molar-refractivity contribution in [1.82, 2.24) is 19.5 Å². The van der Waals surface area contributed by atoms with Crippen LogP contribution in [-0.2, 0) is 0 Å². The van der Waals surface area contributed by atoms with Crippen molar-refractivity contribution in [3.63, 3.8) is 0 Å². The van der Waals surface area contributed by atoms with Gasteiger partial charge in [-0.15, -0.1) is 5.10 Å². The van der Waals surface area contributed by atoms with Gasteiger partial charge in [0.25, 0.3) is 0 Å². The molecule has 2 aromatic rings. The number of pyridine rings is 1. The summed E-state index contributed by atoms with van der Waals surface area (Å²) in [7, 11) is 0. The average Bonchev–Trinajstić information content (AvgIpc) is 2.84. The van der Waals surface area contributed by atoms with E-state index in [2.05, 4.69) is 33.3 Å². The summed E-state index contributed by atoms with van der Waals surface area (Å²) in [6, 6.07) is 4.05. The molecule has 3 heterocycles. The van der Waals surface area contributed by atoms with Gasteiger partial charge in [0.15, 0.2) is 5.65 Å². The highest BCUT2D eigenvalue weighted by Gasteiger charge is 2.10. The Morgan fingerprint density at radius 2 is 2.11 bits per heavy atom. The van der Waals surface area contributed by atoms with Crippen molar-refractivity contribution in [3.8, 4) is 0 Å². The fourth-order valence-corrected chi connectivity index (χ4v) is 2.62. The maximum Gasteiger partial charge on any atom is 0.243 e. The molecule has 0 radical (unpaired) electrons. The molecule has 0 unspecified atom stereocenters. The number of piperidine rings is 1. The van der Waals surface area contributed by atoms with E-state index in [0.29, 0.717) is 0 Å². The highest BCUT2D eigenvalue weighted by molar-refractivity contribution is 5.49. The predicted octanol–water partition coefficient (Wildman–Crippen LogP) is 1.94. The molecule has 0 amide bonds. The summed E-state index contributed by atoms with van der Waals surface area (Å²) >= 11 is 0. The first-order valence-electron chi connectivity index (χ1n) is 7.11. The minimum Gasteiger partial charge on any atom is -0.352 e. The van der Waals surface area contributed by atoms with E-state index in [1.165, 1.54) is 32.4 Å². The van der Waals surface area contributed by atoms with E-state index in [1.807, 2.05) is 16.8 Å². The minimum absolute atomic E-state index is 0.728. The Balaban J connectivity index is 1.57. The number of nitrogens with one attached hydrogen (secondary N) is 1. The molecule has 1 N–H and O–H groups in total. The number of hydrogen-bond donors (Lipinski definition) is 1. The second-order valence-electron chi connectivity index (χ2n) is 5.22. The van der Waals surface area contributed by atoms with Gasteiger partial charge in [-0.2, -0.15) is 4.98 Å². The third-order valence-corrected chi connectivity index (χ3v) is 3.72. The molecule has 0 atom stereocenters. The van der Waals surface area contributed by atoms with Crippen LogP contribution in [0.2, 0.25) is 0 Å². The van der Waals surface area contributed by atoms with Crippen molar-refractivity contribution >= 4 is 11.6 Å². The molecular formula is C14H21N5. The van der Waals surface area contributed by atoms with Gasteiger partial charge in [-0.3, -0.25) is 0 Å². The number of likely N-dealkylation sites (tertiary alicyclic amines) is 1. The van der Waals surface area contributed by atoms with Crippen LogP contribution in [0.3, 0.4) is 0 Å². The molecule has 5 heteroatoms. The molecule has 3 rings (SSSR count). The van der Waals surface area contributed by atoms with Gasteiger partial charge in [-0.25, -0.2) is 4.52 Å². The molecule has 1 aliphatic rings. The van der Waals surface area contributed by atoms with Crippen molar-refractivity contribution in [2.75, 3.05) is 31.5 Å². The minimum atomic E-state index is 0.728. The van der Waals surface area contributed by atoms with E-state index in [1.54, 1.807) is 0 Å². The number of fused-ring (bicyclic) bond motifs is 1. The summed E-state index contributed by atoms with van der Waals surface area (Å²) in [6.07, 6.45) is 6.00. The second kappa shape index (κ2) is 5.57. The van der Waals surface area contributed by atoms with Crippen LogP contribution in [0, 0.1) is 6.92 Å². The monoisotopic (exact) mass is 259 g/mol. The first-order chi connectivity index (χ1) is 9.33. The number of anilines is 1. The van der Waals surface area contributed by atoms with Gasteiger partial charge < -0.3 is 10.2 Å². The van der Waals surface area contributed by atoms with Gasteiger partial charge in [0.2, 0.25) is 5.95 Å². The standard InChI is InChI=1S/C14H21N5/c1-12-6-5-10-19-13(12)16-14(17-19)15-7-11-18-8-3-2-4-9-18/h5-6,10H,2-4,7-9,11H2,1H3,(H,15,17). The summed E-state index contributed by atoms with van der Waals surface area (Å²) in [4.78, 5) is 7.03. The topological polar surface area (TPSA) is 45.5 Å². The normalized spacial score (nSPS) is 16.9. The molecule has 0 saturated carbocycles. The average molecular weight is 259 g/mol. The molecule has 102 valence electrons. The molecular weight excluding hydrogens is 238 g/mol. The SMILES string of the molecule is Cc1cccn2nc(NCCN3CCCCC3)nc12. The molecule has 1 saturated heterocycles. The Bertz CT molecular complexity index is 542. The summed E-state index contributed by atoms with van der Waals surface area (Å²) in [5, 5.41) is 7.76. The summed E-state index contributed by atoms with van der Waals surface area (Å²) in [5.74, 6) is 0.728. The zero-order valence-electron chi connectivity index (χ0n) is 11.5. The smallest absolute Gasteiger partial charge is 0.243 e. The number of aryl methyl sites for hydroxylation is 1. The van der Waals surface area contributed by atoms with Gasteiger partial charge >= 0.3 is 0 Å². The zero-order chi connectivity index (χ0) is 13.1. The maximum absolute atomic E-state index is 4.52. The van der Waals surface area contributed by atoms with Crippen molar-refractivity contribution in [1.29, 1.82) is 0 Å². The van der Waals surface area contributed by atoms with E-state index in [9.17, 15) is 0 Å². The van der Waals surface area contributed by atoms with Crippen LogP contribution in [0.1, 0.15) is 24.8 Å². The summed E-state index contributed by atoms with van der Waals surface area (Å²) in [6.45, 7) is 6.52. The molecule has 1 fully saturated rings. The molecule has 19 heavy (non-hydrogen) atoms. The molecule has 0 bridgehead atoms. The van der Waals surface area contributed by atoms with Crippen LogP contribution in [0.15, 0.2) is 18.3 Å². The first-order valence-corrected chi connectivity index (χ1v) is 7.11. The lowest BCUT2D eigenvalue weighted by Crippen LogP contribution is -2.33. The van der Waals surface area contributed by atoms with Gasteiger partial charge in [-0.1, -0.05) is 12.5 Å². The van der Waals surface area contributed by atoms with Gasteiger partial charge in [0.05, 0.1) is 0 Å². The van der Waals surface area contributed by atoms with Crippen molar-refractivity contribution in [3.05, 3.63) is 23.9 Å². The van der Waals surface area contributed by atoms with E-state index < -0.39 is 0 Å². The summed E-state index contributed by atoms with van der Waals surface area (Å²) in [5.41, 5.74) is 2.09. The zero-order valence-corrected chi connectivity index (χ0v) is 11.5. The van der Waals surface area contributed by atoms with Crippen LogP contribution in [0.4, 0.5) is 5.95 Å². The van der Waals surface area contributed by atoms with Gasteiger partial charge in [0.1, 0.15) is 0 Å². The number of rotatable bonds is 4. The molecule has 0 aliphatic carbocycles. The van der Waals surface area contributed by atoms with Crippen molar-refractivity contribution < 1.29 is 0 Å². The van der Waals surface area contributed by atoms with E-state index >= 15 is 0 Å². The Labute approximate surface area is 113 Å². The van der Waals surface area contributed by atoms with Gasteiger partial charge in [0, 0.05) is 19.3 Å². The third kappa shape index (κ3) is 2.87. The lowest BCUT2D eigenvalue weighted by molar-refractivity contribution is 0.237. The lowest BCUT2D eigenvalue weighted by Gasteiger charge is -2.26. The Morgan fingerprint density at radius 3 is 2.89 bits per heavy atom. The van der Waals surface area contributed by atoms with E-state index in [-0.39, 0.29) is 0 Å². The summed E-state index contributed by atoms with van der Waals surface area (Å²) < 4.78 is 1.83. The third-order valence-electron chi connectivity index (χ3n) is 3.72. The fourth-order valence-electron chi connectivity index (χ4n) is 2.62. The van der Waals surface area contributed by atoms with Crippen LogP contribution >= 0.6 is 0 Å². The molecule has 5 nitrogen and oxygen atoms in total. The van der Waals surface area contributed by atoms with Crippen LogP contribution in [0.5, 0.6) is 0 Å². The number of nitrogens with zero attached hydrogens (tertiary/aromatic N) is 4. The number of aromatic nitrogens is 3. The van der Waals surface area contributed by atoms with Gasteiger partial charge in [-0.05, 0) is 44.5 Å². The fraction of sp³-hybridized carbons (Fsp3) is 0.571. The molecule has 0 aromatic carbocycles. The molecule has 2 aromatic heterocycles. The Hall–Kier alpha value is -1.62. The van der Waals surface area contributed by atoms with E-state index in [0.717, 1.165) is 30.2 Å². The van der Waals surface area contributed by atoms with Crippen LogP contribution in [-0.4, -0.2) is 45.7 Å². The van der Waals surface area contributed by atoms with Crippen molar-refractivity contribution in [2.24, 2.45) is 0 Å². The molecule has 0 spiro atoms. The lowest BCUT2D eigenvalue weighted by atomic mass is 10.1. The predicted molar refractivity (Wildman–Crippen MR) is 76.5 cm³/mol. The quantitative estimate of drug-likeness (QED) is 0.911. The highest BCUT2D eigenvalue weighted by Crippen LogP contribution is 2.10. The number of hydrogen-bond acceptors (Lipinski definition) is 4. The Morgan fingerprint density at radius 1 is 1.26 bits per heavy atom. The van der Waals surface area contributed by atoms with E-state index in [4.69, 9.17) is 0 Å². The largest absolute Gasteiger partial charge is 0.352 e. The highest BCUT2D eigenvalue weighted by atomic mass is 15.3.